The smallest absolute Gasteiger partial charge is 0.318 e. The number of carbonyl (C=O) groups is 2. The van der Waals surface area contributed by atoms with Crippen molar-refractivity contribution in [1.82, 2.24) is 4.90 Å². The standard InChI is InChI=1S/C14H25NO3/c1-14(2,13(17)18-4)12(16)10-15(3)9-11-7-5-6-8-11/h11H,5-10H2,1-4H3. The third kappa shape index (κ3) is 3.80. The monoisotopic (exact) mass is 255 g/mol. The second kappa shape index (κ2) is 6.32. The van der Waals surface area contributed by atoms with E-state index < -0.39 is 11.4 Å². The molecule has 104 valence electrons. The van der Waals surface area contributed by atoms with Gasteiger partial charge in [-0.05, 0) is 39.7 Å². The number of ether oxygens (including phenoxy) is 1. The molecule has 0 amide bonds. The van der Waals surface area contributed by atoms with Gasteiger partial charge < -0.3 is 4.74 Å². The SMILES string of the molecule is COC(=O)C(C)(C)C(=O)CN(C)CC1CCCC1. The maximum Gasteiger partial charge on any atom is 0.318 e. The summed E-state index contributed by atoms with van der Waals surface area (Å²) in [5.41, 5.74) is -1.04. The lowest BCUT2D eigenvalue weighted by Crippen LogP contribution is -2.41. The van der Waals surface area contributed by atoms with Crippen LogP contribution in [0.5, 0.6) is 0 Å². The molecule has 4 nitrogen and oxygen atoms in total. The first-order valence-corrected chi connectivity index (χ1v) is 6.68. The summed E-state index contributed by atoms with van der Waals surface area (Å²) in [5.74, 6) is 0.181. The molecule has 18 heavy (non-hydrogen) atoms. The summed E-state index contributed by atoms with van der Waals surface area (Å²) in [7, 11) is 3.27. The average molecular weight is 255 g/mol. The van der Waals surface area contributed by atoms with Crippen molar-refractivity contribution in [1.29, 1.82) is 0 Å². The normalized spacial score (nSPS) is 17.2. The Bertz CT molecular complexity index is 306. The fraction of sp³-hybridized carbons (Fsp3) is 0.857. The molecule has 1 aliphatic carbocycles. The molecule has 0 bridgehead atoms. The van der Waals surface area contributed by atoms with E-state index in [1.165, 1.54) is 32.8 Å². The predicted octanol–water partition coefficient (Wildman–Crippen LogP) is 1.88. The molecule has 0 aromatic carbocycles. The zero-order valence-corrected chi connectivity index (χ0v) is 12.0. The van der Waals surface area contributed by atoms with Gasteiger partial charge in [0.25, 0.3) is 0 Å². The maximum absolute atomic E-state index is 12.1. The summed E-state index contributed by atoms with van der Waals surface area (Å²) >= 11 is 0. The molecule has 0 atom stereocenters. The molecular weight excluding hydrogens is 230 g/mol. The van der Waals surface area contributed by atoms with Gasteiger partial charge in [0, 0.05) is 6.54 Å². The van der Waals surface area contributed by atoms with Crippen LogP contribution >= 0.6 is 0 Å². The first kappa shape index (κ1) is 15.2. The number of esters is 1. The molecule has 4 heteroatoms. The van der Waals surface area contributed by atoms with E-state index in [4.69, 9.17) is 0 Å². The Kier molecular flexibility index (Phi) is 5.32. The summed E-state index contributed by atoms with van der Waals surface area (Å²) in [6.45, 7) is 4.52. The molecule has 1 saturated carbocycles. The molecule has 0 N–H and O–H groups in total. The Labute approximate surface area is 110 Å². The van der Waals surface area contributed by atoms with E-state index in [2.05, 4.69) is 4.74 Å². The first-order chi connectivity index (χ1) is 8.37. The number of hydrogen-bond donors (Lipinski definition) is 0. The Balaban J connectivity index is 2.45. The second-order valence-corrected chi connectivity index (χ2v) is 5.89. The van der Waals surface area contributed by atoms with Crippen molar-refractivity contribution in [3.8, 4) is 0 Å². The zero-order chi connectivity index (χ0) is 13.8. The Morgan fingerprint density at radius 2 is 1.83 bits per heavy atom. The average Bonchev–Trinajstić information content (AvgIpc) is 2.80. The van der Waals surface area contributed by atoms with Crippen LogP contribution in [0.2, 0.25) is 0 Å². The summed E-state index contributed by atoms with van der Waals surface area (Å²) in [4.78, 5) is 25.7. The van der Waals surface area contributed by atoms with Crippen LogP contribution in [0, 0.1) is 11.3 Å². The fourth-order valence-electron chi connectivity index (χ4n) is 2.51. The van der Waals surface area contributed by atoms with Gasteiger partial charge in [-0.3, -0.25) is 14.5 Å². The minimum atomic E-state index is -1.04. The van der Waals surface area contributed by atoms with Crippen molar-refractivity contribution in [2.24, 2.45) is 11.3 Å². The van der Waals surface area contributed by atoms with Gasteiger partial charge in [0.1, 0.15) is 5.41 Å². The van der Waals surface area contributed by atoms with Crippen molar-refractivity contribution < 1.29 is 14.3 Å². The Morgan fingerprint density at radius 3 is 2.33 bits per heavy atom. The largest absolute Gasteiger partial charge is 0.468 e. The molecule has 0 saturated heterocycles. The third-order valence-electron chi connectivity index (χ3n) is 3.85. The molecule has 0 aromatic heterocycles. The molecule has 1 aliphatic rings. The van der Waals surface area contributed by atoms with Gasteiger partial charge in [-0.15, -0.1) is 0 Å². The van der Waals surface area contributed by atoms with E-state index in [1.807, 2.05) is 11.9 Å². The van der Waals surface area contributed by atoms with Crippen LogP contribution in [-0.2, 0) is 14.3 Å². The number of carbonyl (C=O) groups excluding carboxylic acids is 2. The lowest BCUT2D eigenvalue weighted by molar-refractivity contribution is -0.156. The van der Waals surface area contributed by atoms with Gasteiger partial charge >= 0.3 is 5.97 Å². The lowest BCUT2D eigenvalue weighted by atomic mass is 9.88. The summed E-state index contributed by atoms with van der Waals surface area (Å²) in [5, 5.41) is 0. The molecule has 1 fully saturated rings. The van der Waals surface area contributed by atoms with Crippen molar-refractivity contribution in [2.45, 2.75) is 39.5 Å². The molecule has 0 aromatic rings. The number of rotatable bonds is 6. The molecule has 0 radical (unpaired) electrons. The van der Waals surface area contributed by atoms with E-state index in [0.717, 1.165) is 6.54 Å². The van der Waals surface area contributed by atoms with Crippen LogP contribution < -0.4 is 0 Å². The zero-order valence-electron chi connectivity index (χ0n) is 12.0. The minimum Gasteiger partial charge on any atom is -0.468 e. The van der Waals surface area contributed by atoms with Crippen LogP contribution in [0.4, 0.5) is 0 Å². The predicted molar refractivity (Wildman–Crippen MR) is 70.3 cm³/mol. The highest BCUT2D eigenvalue weighted by molar-refractivity contribution is 6.03. The first-order valence-electron chi connectivity index (χ1n) is 6.68. The fourth-order valence-corrected chi connectivity index (χ4v) is 2.51. The van der Waals surface area contributed by atoms with Crippen molar-refractivity contribution >= 4 is 11.8 Å². The van der Waals surface area contributed by atoms with Crippen LogP contribution in [0.3, 0.4) is 0 Å². The van der Waals surface area contributed by atoms with Crippen LogP contribution in [0.15, 0.2) is 0 Å². The van der Waals surface area contributed by atoms with Crippen molar-refractivity contribution in [3.63, 3.8) is 0 Å². The lowest BCUT2D eigenvalue weighted by Gasteiger charge is -2.25. The minimum absolute atomic E-state index is 0.0742. The quantitative estimate of drug-likeness (QED) is 0.537. The summed E-state index contributed by atoms with van der Waals surface area (Å²) < 4.78 is 4.67. The highest BCUT2D eigenvalue weighted by atomic mass is 16.5. The van der Waals surface area contributed by atoms with Crippen LogP contribution in [0.25, 0.3) is 0 Å². The second-order valence-electron chi connectivity index (χ2n) is 5.89. The number of ketones is 1. The van der Waals surface area contributed by atoms with E-state index >= 15 is 0 Å². The van der Waals surface area contributed by atoms with Crippen LogP contribution in [-0.4, -0.2) is 43.9 Å². The van der Waals surface area contributed by atoms with E-state index in [9.17, 15) is 9.59 Å². The molecular formula is C14H25NO3. The third-order valence-corrected chi connectivity index (χ3v) is 3.85. The molecule has 0 unspecified atom stereocenters. The topological polar surface area (TPSA) is 46.6 Å². The maximum atomic E-state index is 12.1. The van der Waals surface area contributed by atoms with Gasteiger partial charge in [-0.25, -0.2) is 0 Å². The molecule has 0 aliphatic heterocycles. The van der Waals surface area contributed by atoms with Gasteiger partial charge in [-0.2, -0.15) is 0 Å². The number of likely N-dealkylation sites (N-methyl/N-ethyl adjacent to an activating group) is 1. The Morgan fingerprint density at radius 1 is 1.28 bits per heavy atom. The van der Waals surface area contributed by atoms with Gasteiger partial charge in [0.05, 0.1) is 13.7 Å². The van der Waals surface area contributed by atoms with E-state index in [-0.39, 0.29) is 5.78 Å². The molecule has 1 rings (SSSR count). The van der Waals surface area contributed by atoms with Gasteiger partial charge in [0.2, 0.25) is 0 Å². The van der Waals surface area contributed by atoms with E-state index in [0.29, 0.717) is 12.5 Å². The molecule has 0 spiro atoms. The van der Waals surface area contributed by atoms with Crippen molar-refractivity contribution in [3.05, 3.63) is 0 Å². The van der Waals surface area contributed by atoms with Crippen LogP contribution in [0.1, 0.15) is 39.5 Å². The van der Waals surface area contributed by atoms with Gasteiger partial charge in [-0.1, -0.05) is 12.8 Å². The Hall–Kier alpha value is -0.900. The molecule has 0 heterocycles. The summed E-state index contributed by atoms with van der Waals surface area (Å²) in [6.07, 6.45) is 5.14. The van der Waals surface area contributed by atoms with E-state index in [1.54, 1.807) is 13.8 Å². The number of nitrogens with zero attached hydrogens (tertiary/aromatic N) is 1. The highest BCUT2D eigenvalue weighted by Crippen LogP contribution is 2.25. The van der Waals surface area contributed by atoms with Crippen molar-refractivity contribution in [2.75, 3.05) is 27.2 Å². The number of Topliss-reactive ketones (excluding diaryl/α,β-unsaturated/α-hetero) is 1. The highest BCUT2D eigenvalue weighted by Gasteiger charge is 2.37. The number of hydrogen-bond acceptors (Lipinski definition) is 4. The van der Waals surface area contributed by atoms with Gasteiger partial charge in [0.15, 0.2) is 5.78 Å². The summed E-state index contributed by atoms with van der Waals surface area (Å²) in [6, 6.07) is 0. The number of methoxy groups -OCH3 is 1.